The number of nitrogens with zero attached hydrogens (tertiary/aromatic N) is 2. The molecule has 3 rings (SSSR count). The number of hydrogen-bond acceptors (Lipinski definition) is 4. The number of halogens is 1. The van der Waals surface area contributed by atoms with Gasteiger partial charge in [-0.25, -0.2) is 4.39 Å². The van der Waals surface area contributed by atoms with E-state index in [1.807, 2.05) is 37.3 Å². The third kappa shape index (κ3) is 5.95. The first kappa shape index (κ1) is 22.1. The number of amides is 1. The Morgan fingerprint density at radius 2 is 1.83 bits per heavy atom. The quantitative estimate of drug-likeness (QED) is 0.715. The fourth-order valence-corrected chi connectivity index (χ4v) is 3.84. The van der Waals surface area contributed by atoms with Crippen molar-refractivity contribution < 1.29 is 13.9 Å². The zero-order valence-corrected chi connectivity index (χ0v) is 18.2. The topological polar surface area (TPSA) is 44.8 Å². The third-order valence-corrected chi connectivity index (χ3v) is 5.71. The molecule has 0 aliphatic carbocycles. The molecule has 162 valence electrons. The van der Waals surface area contributed by atoms with E-state index in [9.17, 15) is 9.18 Å². The highest BCUT2D eigenvalue weighted by Gasteiger charge is 2.21. The average Bonchev–Trinajstić information content (AvgIpc) is 2.75. The lowest BCUT2D eigenvalue weighted by molar-refractivity contribution is -0.121. The first-order valence-corrected chi connectivity index (χ1v) is 10.6. The Morgan fingerprint density at radius 1 is 1.13 bits per heavy atom. The largest absolute Gasteiger partial charge is 0.497 e. The minimum Gasteiger partial charge on any atom is -0.497 e. The smallest absolute Gasteiger partial charge is 0.220 e. The van der Waals surface area contributed by atoms with Crippen molar-refractivity contribution in [2.45, 2.75) is 32.2 Å². The van der Waals surface area contributed by atoms with Gasteiger partial charge in [0.05, 0.1) is 13.2 Å². The maximum atomic E-state index is 14.0. The molecule has 2 aromatic carbocycles. The number of aryl methyl sites for hydroxylation is 1. The number of carbonyl (C=O) groups excluding carboxylic acids is 1. The minimum absolute atomic E-state index is 0.00963. The summed E-state index contributed by atoms with van der Waals surface area (Å²) in [7, 11) is 3.76. The van der Waals surface area contributed by atoms with Crippen molar-refractivity contribution in [3.63, 3.8) is 0 Å². The Hall–Kier alpha value is -2.60. The average molecular weight is 414 g/mol. The molecule has 1 aliphatic rings. The van der Waals surface area contributed by atoms with Crippen LogP contribution in [0, 0.1) is 5.82 Å². The summed E-state index contributed by atoms with van der Waals surface area (Å²) in [6, 6.07) is 12.5. The molecule has 1 heterocycles. The predicted molar refractivity (Wildman–Crippen MR) is 119 cm³/mol. The second-order valence-corrected chi connectivity index (χ2v) is 7.98. The summed E-state index contributed by atoms with van der Waals surface area (Å²) in [5.74, 6) is 0.546. The van der Waals surface area contributed by atoms with Gasteiger partial charge in [-0.05, 0) is 62.7 Å². The lowest BCUT2D eigenvalue weighted by Crippen LogP contribution is -2.45. The Labute approximate surface area is 178 Å². The Morgan fingerprint density at radius 3 is 2.50 bits per heavy atom. The van der Waals surface area contributed by atoms with Crippen molar-refractivity contribution in [1.29, 1.82) is 0 Å². The number of benzene rings is 2. The van der Waals surface area contributed by atoms with Gasteiger partial charge in [-0.1, -0.05) is 12.1 Å². The number of methoxy groups -OCH3 is 1. The van der Waals surface area contributed by atoms with Crippen LogP contribution in [-0.2, 0) is 11.2 Å². The van der Waals surface area contributed by atoms with Gasteiger partial charge in [0.2, 0.25) is 5.91 Å². The molecule has 1 amide bonds. The van der Waals surface area contributed by atoms with E-state index < -0.39 is 0 Å². The SMILES string of the molecule is COc1ccc(CCCC(=O)NC(C)c2cc(F)ccc2N2CCN(C)CC2)cc1. The van der Waals surface area contributed by atoms with Crippen LogP contribution < -0.4 is 15.0 Å². The highest BCUT2D eigenvalue weighted by atomic mass is 19.1. The summed E-state index contributed by atoms with van der Waals surface area (Å²) in [5.41, 5.74) is 3.03. The Kier molecular flexibility index (Phi) is 7.69. The molecule has 0 saturated carbocycles. The van der Waals surface area contributed by atoms with E-state index in [0.717, 1.165) is 56.0 Å². The molecule has 1 saturated heterocycles. The van der Waals surface area contributed by atoms with Gasteiger partial charge in [0.25, 0.3) is 0 Å². The summed E-state index contributed by atoms with van der Waals surface area (Å²) in [6.07, 6.45) is 2.03. The second-order valence-electron chi connectivity index (χ2n) is 7.98. The van der Waals surface area contributed by atoms with Gasteiger partial charge < -0.3 is 19.9 Å². The minimum atomic E-state index is -0.275. The lowest BCUT2D eigenvalue weighted by Gasteiger charge is -2.36. The standard InChI is InChI=1S/C24H32FN3O2/c1-18(26-24(29)6-4-5-19-7-10-21(30-3)11-8-19)22-17-20(25)9-12-23(22)28-15-13-27(2)14-16-28/h7-12,17-18H,4-6,13-16H2,1-3H3,(H,26,29). The number of hydrogen-bond donors (Lipinski definition) is 1. The fraction of sp³-hybridized carbons (Fsp3) is 0.458. The number of rotatable bonds is 8. The highest BCUT2D eigenvalue weighted by Crippen LogP contribution is 2.28. The van der Waals surface area contributed by atoms with Crippen LogP contribution in [-0.4, -0.2) is 51.1 Å². The second kappa shape index (κ2) is 10.4. The van der Waals surface area contributed by atoms with Crippen molar-refractivity contribution in [3.05, 3.63) is 59.4 Å². The maximum Gasteiger partial charge on any atom is 0.220 e. The number of ether oxygens (including phenoxy) is 1. The molecule has 1 atom stereocenters. The summed E-state index contributed by atoms with van der Waals surface area (Å²) in [5, 5.41) is 3.05. The van der Waals surface area contributed by atoms with Crippen LogP contribution in [0.15, 0.2) is 42.5 Å². The molecule has 6 heteroatoms. The maximum absolute atomic E-state index is 14.0. The fourth-order valence-electron chi connectivity index (χ4n) is 3.84. The molecule has 1 fully saturated rings. The van der Waals surface area contributed by atoms with E-state index in [0.29, 0.717) is 6.42 Å². The van der Waals surface area contributed by atoms with Crippen molar-refractivity contribution in [2.75, 3.05) is 45.2 Å². The van der Waals surface area contributed by atoms with Gasteiger partial charge in [0.1, 0.15) is 11.6 Å². The third-order valence-electron chi connectivity index (χ3n) is 5.71. The number of piperazine rings is 1. The molecule has 0 radical (unpaired) electrons. The first-order valence-electron chi connectivity index (χ1n) is 10.6. The molecule has 30 heavy (non-hydrogen) atoms. The monoisotopic (exact) mass is 413 g/mol. The summed E-state index contributed by atoms with van der Waals surface area (Å²) >= 11 is 0. The van der Waals surface area contributed by atoms with Crippen molar-refractivity contribution in [1.82, 2.24) is 10.2 Å². The molecule has 0 bridgehead atoms. The molecule has 2 aromatic rings. The van der Waals surface area contributed by atoms with Gasteiger partial charge in [0.15, 0.2) is 0 Å². The van der Waals surface area contributed by atoms with Crippen LogP contribution in [0.2, 0.25) is 0 Å². The lowest BCUT2D eigenvalue weighted by atomic mass is 10.0. The summed E-state index contributed by atoms with van der Waals surface area (Å²) in [4.78, 5) is 17.1. The van der Waals surface area contributed by atoms with E-state index in [1.54, 1.807) is 13.2 Å². The van der Waals surface area contributed by atoms with E-state index in [1.165, 1.54) is 11.6 Å². The van der Waals surface area contributed by atoms with Crippen LogP contribution in [0.25, 0.3) is 0 Å². The number of likely N-dealkylation sites (N-methyl/N-ethyl adjacent to an activating group) is 1. The highest BCUT2D eigenvalue weighted by molar-refractivity contribution is 5.76. The van der Waals surface area contributed by atoms with Crippen LogP contribution in [0.4, 0.5) is 10.1 Å². The van der Waals surface area contributed by atoms with E-state index in [2.05, 4.69) is 22.2 Å². The normalized spacial score (nSPS) is 15.7. The van der Waals surface area contributed by atoms with Gasteiger partial charge in [-0.15, -0.1) is 0 Å². The van der Waals surface area contributed by atoms with Crippen molar-refractivity contribution in [3.8, 4) is 5.75 Å². The van der Waals surface area contributed by atoms with E-state index in [-0.39, 0.29) is 17.8 Å². The van der Waals surface area contributed by atoms with Crippen molar-refractivity contribution in [2.24, 2.45) is 0 Å². The van der Waals surface area contributed by atoms with Crippen molar-refractivity contribution >= 4 is 11.6 Å². The summed E-state index contributed by atoms with van der Waals surface area (Å²) < 4.78 is 19.1. The molecule has 1 aliphatic heterocycles. The molecule has 1 unspecified atom stereocenters. The molecule has 0 spiro atoms. The molecular formula is C24H32FN3O2. The number of anilines is 1. The molecule has 1 N–H and O–H groups in total. The van der Waals surface area contributed by atoms with Crippen LogP contribution >= 0.6 is 0 Å². The molecular weight excluding hydrogens is 381 g/mol. The molecule has 5 nitrogen and oxygen atoms in total. The van der Waals surface area contributed by atoms with E-state index in [4.69, 9.17) is 4.74 Å². The molecule has 0 aromatic heterocycles. The van der Waals surface area contributed by atoms with Gasteiger partial charge in [0, 0.05) is 43.9 Å². The van der Waals surface area contributed by atoms with Crippen LogP contribution in [0.3, 0.4) is 0 Å². The first-order chi connectivity index (χ1) is 14.5. The van der Waals surface area contributed by atoms with Gasteiger partial charge >= 0.3 is 0 Å². The zero-order chi connectivity index (χ0) is 21.5. The summed E-state index contributed by atoms with van der Waals surface area (Å²) in [6.45, 7) is 5.68. The van der Waals surface area contributed by atoms with E-state index >= 15 is 0 Å². The predicted octanol–water partition coefficient (Wildman–Crippen LogP) is 3.79. The van der Waals surface area contributed by atoms with Gasteiger partial charge in [-0.3, -0.25) is 4.79 Å². The van der Waals surface area contributed by atoms with Gasteiger partial charge in [-0.2, -0.15) is 0 Å². The number of nitrogens with one attached hydrogen (secondary N) is 1. The van der Waals surface area contributed by atoms with Crippen LogP contribution in [0.1, 0.15) is 36.9 Å². The number of carbonyl (C=O) groups is 1. The Balaban J connectivity index is 1.56. The zero-order valence-electron chi connectivity index (χ0n) is 18.2. The van der Waals surface area contributed by atoms with Crippen LogP contribution in [0.5, 0.6) is 5.75 Å². The Bertz CT molecular complexity index is 833.